The van der Waals surface area contributed by atoms with Crippen LogP contribution in [0.2, 0.25) is 0 Å². The van der Waals surface area contributed by atoms with E-state index in [1.807, 2.05) is 25.1 Å². The van der Waals surface area contributed by atoms with Crippen molar-refractivity contribution in [3.05, 3.63) is 39.9 Å². The average molecular weight is 229 g/mol. The van der Waals surface area contributed by atoms with E-state index in [-0.39, 0.29) is 11.0 Å². The van der Waals surface area contributed by atoms with Gasteiger partial charge in [-0.2, -0.15) is 0 Å². The maximum absolute atomic E-state index is 12.0. The van der Waals surface area contributed by atoms with Crippen LogP contribution in [0.1, 0.15) is 24.2 Å². The van der Waals surface area contributed by atoms with E-state index in [1.165, 1.54) is 0 Å². The molecule has 1 aromatic carbocycles. The number of fused-ring (bicyclic) bond motifs is 1. The number of nitrogens with one attached hydrogen (secondary N) is 1. The van der Waals surface area contributed by atoms with Gasteiger partial charge in [0.05, 0.1) is 10.9 Å². The Hall–Kier alpha value is -1.68. The number of nitrogens with two attached hydrogens (primary N) is 1. The molecule has 0 bridgehead atoms. The standard InChI is InChI=1S/C13H15N3O/c1-8-2-3-10-9(6-8)11(17)16-12(15-10)13(7-14)4-5-13/h2-3,6H,4-5,7,14H2,1H3,(H,15,16,17). The average Bonchev–Trinajstić information content (AvgIpc) is 3.11. The Balaban J connectivity index is 2.25. The fraction of sp³-hybridized carbons (Fsp3) is 0.385. The lowest BCUT2D eigenvalue weighted by atomic mass is 10.1. The molecule has 1 fully saturated rings. The summed E-state index contributed by atoms with van der Waals surface area (Å²) in [4.78, 5) is 19.4. The summed E-state index contributed by atoms with van der Waals surface area (Å²) in [7, 11) is 0. The molecule has 2 aromatic rings. The molecule has 4 nitrogen and oxygen atoms in total. The maximum Gasteiger partial charge on any atom is 0.258 e. The molecule has 1 heterocycles. The van der Waals surface area contributed by atoms with Gasteiger partial charge in [-0.1, -0.05) is 11.6 Å². The molecule has 0 amide bonds. The fourth-order valence-corrected chi connectivity index (χ4v) is 2.19. The highest BCUT2D eigenvalue weighted by Gasteiger charge is 2.45. The zero-order chi connectivity index (χ0) is 12.0. The van der Waals surface area contributed by atoms with Crippen molar-refractivity contribution < 1.29 is 0 Å². The van der Waals surface area contributed by atoms with Crippen molar-refractivity contribution in [1.82, 2.24) is 9.97 Å². The van der Waals surface area contributed by atoms with E-state index < -0.39 is 0 Å². The van der Waals surface area contributed by atoms with Crippen molar-refractivity contribution in [3.8, 4) is 0 Å². The summed E-state index contributed by atoms with van der Waals surface area (Å²) >= 11 is 0. The largest absolute Gasteiger partial charge is 0.329 e. The SMILES string of the molecule is Cc1ccc2nc(C3(CN)CC3)[nH]c(=O)c2c1. The Bertz CT molecular complexity index is 641. The van der Waals surface area contributed by atoms with E-state index >= 15 is 0 Å². The monoisotopic (exact) mass is 229 g/mol. The lowest BCUT2D eigenvalue weighted by Gasteiger charge is -2.11. The second-order valence-corrected chi connectivity index (χ2v) is 4.92. The van der Waals surface area contributed by atoms with Crippen LogP contribution < -0.4 is 11.3 Å². The molecular formula is C13H15N3O. The highest BCUT2D eigenvalue weighted by Crippen LogP contribution is 2.45. The number of hydrogen-bond acceptors (Lipinski definition) is 3. The van der Waals surface area contributed by atoms with Crippen molar-refractivity contribution in [3.63, 3.8) is 0 Å². The molecule has 0 atom stereocenters. The first-order valence-corrected chi connectivity index (χ1v) is 5.86. The number of H-pyrrole nitrogens is 1. The number of aromatic nitrogens is 2. The van der Waals surface area contributed by atoms with E-state index in [9.17, 15) is 4.79 Å². The Morgan fingerprint density at radius 3 is 2.88 bits per heavy atom. The van der Waals surface area contributed by atoms with Crippen LogP contribution in [-0.2, 0) is 5.41 Å². The summed E-state index contributed by atoms with van der Waals surface area (Å²) in [6, 6.07) is 5.74. The first-order chi connectivity index (χ1) is 8.14. The number of hydrogen-bond donors (Lipinski definition) is 2. The Morgan fingerprint density at radius 2 is 2.24 bits per heavy atom. The van der Waals surface area contributed by atoms with Crippen LogP contribution in [0.3, 0.4) is 0 Å². The molecule has 4 heteroatoms. The molecule has 1 aliphatic carbocycles. The van der Waals surface area contributed by atoms with Crippen LogP contribution in [0, 0.1) is 6.92 Å². The molecular weight excluding hydrogens is 214 g/mol. The van der Waals surface area contributed by atoms with Crippen LogP contribution in [0.15, 0.2) is 23.0 Å². The van der Waals surface area contributed by atoms with E-state index in [1.54, 1.807) is 0 Å². The third-order valence-electron chi connectivity index (χ3n) is 3.61. The highest BCUT2D eigenvalue weighted by molar-refractivity contribution is 5.78. The van der Waals surface area contributed by atoms with Crippen molar-refractivity contribution >= 4 is 10.9 Å². The van der Waals surface area contributed by atoms with E-state index in [2.05, 4.69) is 9.97 Å². The summed E-state index contributed by atoms with van der Waals surface area (Å²) in [6.45, 7) is 2.52. The molecule has 1 aromatic heterocycles. The van der Waals surface area contributed by atoms with Crippen LogP contribution >= 0.6 is 0 Å². The number of benzene rings is 1. The quantitative estimate of drug-likeness (QED) is 0.813. The van der Waals surface area contributed by atoms with Gasteiger partial charge in [-0.3, -0.25) is 4.79 Å². The Kier molecular flexibility index (Phi) is 2.10. The lowest BCUT2D eigenvalue weighted by molar-refractivity contribution is 0.650. The molecule has 1 saturated carbocycles. The molecule has 0 unspecified atom stereocenters. The molecule has 17 heavy (non-hydrogen) atoms. The molecule has 0 aliphatic heterocycles. The third kappa shape index (κ3) is 1.56. The van der Waals surface area contributed by atoms with Gasteiger partial charge in [0.25, 0.3) is 5.56 Å². The smallest absolute Gasteiger partial charge is 0.258 e. The second kappa shape index (κ2) is 3.40. The molecule has 3 N–H and O–H groups in total. The van der Waals surface area contributed by atoms with Crippen LogP contribution in [0.5, 0.6) is 0 Å². The minimum atomic E-state index is -0.0712. The first kappa shape index (κ1) is 10.5. The van der Waals surface area contributed by atoms with Gasteiger partial charge in [0.15, 0.2) is 0 Å². The third-order valence-corrected chi connectivity index (χ3v) is 3.61. The van der Waals surface area contributed by atoms with Crippen molar-refractivity contribution in [2.24, 2.45) is 5.73 Å². The van der Waals surface area contributed by atoms with Gasteiger partial charge in [0, 0.05) is 12.0 Å². The zero-order valence-corrected chi connectivity index (χ0v) is 9.79. The molecule has 88 valence electrons. The van der Waals surface area contributed by atoms with Crippen LogP contribution in [-0.4, -0.2) is 16.5 Å². The normalized spacial score (nSPS) is 17.3. The summed E-state index contributed by atoms with van der Waals surface area (Å²) < 4.78 is 0. The number of rotatable bonds is 2. The molecule has 0 spiro atoms. The van der Waals surface area contributed by atoms with Crippen molar-refractivity contribution in [2.45, 2.75) is 25.2 Å². The minimum absolute atomic E-state index is 0.0616. The predicted molar refractivity (Wildman–Crippen MR) is 67.1 cm³/mol. The van der Waals surface area contributed by atoms with Gasteiger partial charge < -0.3 is 10.7 Å². The Morgan fingerprint density at radius 1 is 1.47 bits per heavy atom. The van der Waals surface area contributed by atoms with Gasteiger partial charge in [0.2, 0.25) is 0 Å². The Labute approximate surface area is 98.9 Å². The molecule has 3 rings (SSSR count). The number of aryl methyl sites for hydroxylation is 1. The summed E-state index contributed by atoms with van der Waals surface area (Å²) in [5, 5.41) is 0.654. The van der Waals surface area contributed by atoms with Gasteiger partial charge in [-0.15, -0.1) is 0 Å². The van der Waals surface area contributed by atoms with Gasteiger partial charge in [0.1, 0.15) is 5.82 Å². The molecule has 0 saturated heterocycles. The topological polar surface area (TPSA) is 71.8 Å². The molecule has 0 radical (unpaired) electrons. The van der Waals surface area contributed by atoms with E-state index in [0.717, 1.165) is 29.7 Å². The van der Waals surface area contributed by atoms with Crippen LogP contribution in [0.25, 0.3) is 10.9 Å². The van der Waals surface area contributed by atoms with Gasteiger partial charge in [-0.25, -0.2) is 4.98 Å². The van der Waals surface area contributed by atoms with Gasteiger partial charge in [-0.05, 0) is 31.9 Å². The summed E-state index contributed by atoms with van der Waals surface area (Å²) in [5.74, 6) is 0.751. The predicted octanol–water partition coefficient (Wildman–Crippen LogP) is 1.22. The molecule has 1 aliphatic rings. The first-order valence-electron chi connectivity index (χ1n) is 5.86. The van der Waals surface area contributed by atoms with Crippen molar-refractivity contribution in [2.75, 3.05) is 6.54 Å². The lowest BCUT2D eigenvalue weighted by Crippen LogP contribution is -2.25. The summed E-state index contributed by atoms with van der Waals surface area (Å²) in [6.07, 6.45) is 2.04. The van der Waals surface area contributed by atoms with E-state index in [0.29, 0.717) is 11.9 Å². The fourth-order valence-electron chi connectivity index (χ4n) is 2.19. The number of aromatic amines is 1. The summed E-state index contributed by atoms with van der Waals surface area (Å²) in [5.41, 5.74) is 7.45. The number of nitrogens with zero attached hydrogens (tertiary/aromatic N) is 1. The highest BCUT2D eigenvalue weighted by atomic mass is 16.1. The second-order valence-electron chi connectivity index (χ2n) is 4.92. The van der Waals surface area contributed by atoms with Crippen LogP contribution in [0.4, 0.5) is 0 Å². The minimum Gasteiger partial charge on any atom is -0.329 e. The maximum atomic E-state index is 12.0. The van der Waals surface area contributed by atoms with Crippen molar-refractivity contribution in [1.29, 1.82) is 0 Å². The van der Waals surface area contributed by atoms with E-state index in [4.69, 9.17) is 5.73 Å². The zero-order valence-electron chi connectivity index (χ0n) is 9.79. The van der Waals surface area contributed by atoms with Gasteiger partial charge >= 0.3 is 0 Å².